The van der Waals surface area contributed by atoms with Crippen LogP contribution in [0.1, 0.15) is 24.2 Å². The lowest BCUT2D eigenvalue weighted by atomic mass is 10.2. The molecule has 0 bridgehead atoms. The predicted octanol–water partition coefficient (Wildman–Crippen LogP) is 3.52. The molecule has 0 saturated heterocycles. The van der Waals surface area contributed by atoms with E-state index in [1.54, 1.807) is 25.3 Å². The highest BCUT2D eigenvalue weighted by Crippen LogP contribution is 2.29. The number of rotatable bonds is 9. The monoisotopic (exact) mass is 523 g/mol. The van der Waals surface area contributed by atoms with Crippen LogP contribution in [0.4, 0.5) is 11.4 Å². The number of amides is 1. The molecule has 0 unspecified atom stereocenters. The van der Waals surface area contributed by atoms with Gasteiger partial charge < -0.3 is 10.1 Å². The zero-order valence-corrected chi connectivity index (χ0v) is 21.4. The van der Waals surface area contributed by atoms with E-state index in [9.17, 15) is 21.6 Å². The summed E-state index contributed by atoms with van der Waals surface area (Å²) in [5.41, 5.74) is 0.817. The number of anilines is 2. The highest BCUT2D eigenvalue weighted by molar-refractivity contribution is 7.94. The maximum Gasteiger partial charge on any atom is 0.273 e. The first-order valence-electron chi connectivity index (χ1n) is 10.1. The van der Waals surface area contributed by atoms with Crippen LogP contribution in [0.5, 0.6) is 5.75 Å². The first kappa shape index (κ1) is 25.7. The van der Waals surface area contributed by atoms with Crippen LogP contribution >= 0.6 is 11.3 Å². The van der Waals surface area contributed by atoms with Crippen molar-refractivity contribution < 1.29 is 26.4 Å². The van der Waals surface area contributed by atoms with E-state index < -0.39 is 26.0 Å². The van der Waals surface area contributed by atoms with Crippen LogP contribution in [0.3, 0.4) is 0 Å². The zero-order chi connectivity index (χ0) is 25.1. The van der Waals surface area contributed by atoms with Crippen molar-refractivity contribution in [2.24, 2.45) is 0 Å². The van der Waals surface area contributed by atoms with E-state index in [1.165, 1.54) is 62.7 Å². The van der Waals surface area contributed by atoms with Gasteiger partial charge in [-0.25, -0.2) is 21.6 Å². The Morgan fingerprint density at radius 3 is 2.26 bits per heavy atom. The molecular weight excluding hydrogens is 498 g/mol. The molecule has 182 valence electrons. The summed E-state index contributed by atoms with van der Waals surface area (Å²) in [6.45, 7) is 3.41. The van der Waals surface area contributed by atoms with Crippen LogP contribution in [0.25, 0.3) is 0 Å². The minimum absolute atomic E-state index is 0.0203. The third-order valence-corrected chi connectivity index (χ3v) is 9.54. The fourth-order valence-corrected chi connectivity index (χ4v) is 6.66. The summed E-state index contributed by atoms with van der Waals surface area (Å²) in [5.74, 6) is -0.227. The Morgan fingerprint density at radius 1 is 1.03 bits per heavy atom. The van der Waals surface area contributed by atoms with Gasteiger partial charge in [-0.05, 0) is 67.8 Å². The molecule has 3 rings (SSSR count). The normalized spacial score (nSPS) is 11.9. The summed E-state index contributed by atoms with van der Waals surface area (Å²) >= 11 is 1.12. The van der Waals surface area contributed by atoms with E-state index in [0.29, 0.717) is 5.69 Å². The Balaban J connectivity index is 1.83. The number of sulfonamides is 2. The smallest absolute Gasteiger partial charge is 0.273 e. The van der Waals surface area contributed by atoms with Crippen LogP contribution in [-0.4, -0.2) is 42.9 Å². The largest absolute Gasteiger partial charge is 0.495 e. The fraction of sp³-hybridized carbons (Fsp3) is 0.227. The summed E-state index contributed by atoms with van der Waals surface area (Å²) in [7, 11) is -4.63. The van der Waals surface area contributed by atoms with Gasteiger partial charge in [0.15, 0.2) is 0 Å². The first-order chi connectivity index (χ1) is 16.0. The number of nitrogens with zero attached hydrogens (tertiary/aromatic N) is 1. The lowest BCUT2D eigenvalue weighted by molar-refractivity contribution is 0.102. The van der Waals surface area contributed by atoms with Crippen molar-refractivity contribution in [1.29, 1.82) is 0 Å². The molecule has 0 saturated carbocycles. The maximum absolute atomic E-state index is 12.8. The van der Waals surface area contributed by atoms with E-state index in [4.69, 9.17) is 4.74 Å². The molecule has 0 aliphatic heterocycles. The van der Waals surface area contributed by atoms with Crippen LogP contribution in [0.2, 0.25) is 0 Å². The lowest BCUT2D eigenvalue weighted by Gasteiger charge is -2.18. The molecule has 0 aliphatic carbocycles. The molecule has 12 heteroatoms. The topological polar surface area (TPSA) is 122 Å². The number of nitrogens with one attached hydrogen (secondary N) is 2. The van der Waals surface area contributed by atoms with Gasteiger partial charge in [-0.3, -0.25) is 9.10 Å². The minimum Gasteiger partial charge on any atom is -0.495 e. The molecular formula is C22H25N3O6S3. The number of benzene rings is 2. The molecule has 0 radical (unpaired) electrons. The Bertz CT molecular complexity index is 1370. The van der Waals surface area contributed by atoms with Crippen molar-refractivity contribution in [1.82, 2.24) is 4.72 Å². The van der Waals surface area contributed by atoms with Gasteiger partial charge in [0.2, 0.25) is 10.0 Å². The number of methoxy groups -OCH3 is 1. The molecule has 1 heterocycles. The number of thiophene rings is 1. The minimum atomic E-state index is -3.77. The van der Waals surface area contributed by atoms with Crippen LogP contribution in [-0.2, 0) is 20.0 Å². The van der Waals surface area contributed by atoms with Crippen molar-refractivity contribution in [3.05, 3.63) is 65.5 Å². The van der Waals surface area contributed by atoms with E-state index in [1.807, 2.05) is 0 Å². The molecule has 3 aromatic rings. The van der Waals surface area contributed by atoms with Gasteiger partial charge in [-0.1, -0.05) is 6.07 Å². The number of carbonyl (C=O) groups is 1. The fourth-order valence-electron chi connectivity index (χ4n) is 3.03. The summed E-state index contributed by atoms with van der Waals surface area (Å²) in [6, 6.07) is 13.0. The second-order valence-corrected chi connectivity index (χ2v) is 12.4. The summed E-state index contributed by atoms with van der Waals surface area (Å²) in [6.07, 6.45) is 0. The van der Waals surface area contributed by atoms with E-state index in [2.05, 4.69) is 10.0 Å². The maximum atomic E-state index is 12.8. The molecule has 2 aromatic carbocycles. The van der Waals surface area contributed by atoms with Gasteiger partial charge in [-0.15, -0.1) is 11.3 Å². The van der Waals surface area contributed by atoms with Gasteiger partial charge in [0.1, 0.15) is 9.96 Å². The van der Waals surface area contributed by atoms with E-state index >= 15 is 0 Å². The lowest BCUT2D eigenvalue weighted by Crippen LogP contribution is -2.30. The molecule has 0 fully saturated rings. The van der Waals surface area contributed by atoms with Crippen molar-refractivity contribution in [2.75, 3.05) is 23.8 Å². The van der Waals surface area contributed by atoms with Crippen molar-refractivity contribution >= 4 is 48.7 Å². The first-order valence-corrected chi connectivity index (χ1v) is 13.9. The number of hydrogen-bond donors (Lipinski definition) is 2. The van der Waals surface area contributed by atoms with Crippen LogP contribution in [0, 0.1) is 0 Å². The average Bonchev–Trinajstić information content (AvgIpc) is 3.33. The predicted molar refractivity (Wildman–Crippen MR) is 133 cm³/mol. The molecule has 2 N–H and O–H groups in total. The Kier molecular flexibility index (Phi) is 7.66. The summed E-state index contributed by atoms with van der Waals surface area (Å²) in [4.78, 5) is 12.8. The standard InChI is InChI=1S/C22H25N3O6S3/c1-15(2)24-33(27,28)18-11-12-20(31-4)19(14-18)23-22(26)16-7-9-17(10-8-16)25(3)34(29,30)21-6-5-13-32-21/h5-15,24H,1-4H3,(H,23,26). The quantitative estimate of drug-likeness (QED) is 0.443. The van der Waals surface area contributed by atoms with Crippen molar-refractivity contribution in [2.45, 2.75) is 29.0 Å². The third-order valence-electron chi connectivity index (χ3n) is 4.72. The molecule has 1 amide bonds. The highest BCUT2D eigenvalue weighted by atomic mass is 32.2. The number of ether oxygens (including phenoxy) is 1. The van der Waals surface area contributed by atoms with Crippen molar-refractivity contribution in [3.8, 4) is 5.75 Å². The van der Waals surface area contributed by atoms with Gasteiger partial charge in [0.25, 0.3) is 15.9 Å². The molecule has 1 aromatic heterocycles. The summed E-state index contributed by atoms with van der Waals surface area (Å²) < 4.78 is 59.5. The number of hydrogen-bond acceptors (Lipinski definition) is 7. The SMILES string of the molecule is COc1ccc(S(=O)(=O)NC(C)C)cc1NC(=O)c1ccc(N(C)S(=O)(=O)c2cccs2)cc1. The highest BCUT2D eigenvalue weighted by Gasteiger charge is 2.23. The zero-order valence-electron chi connectivity index (χ0n) is 19.0. The van der Waals surface area contributed by atoms with E-state index in [-0.39, 0.29) is 32.1 Å². The molecule has 34 heavy (non-hydrogen) atoms. The molecule has 0 aliphatic rings. The number of carbonyl (C=O) groups excluding carboxylic acids is 1. The molecule has 0 atom stereocenters. The second-order valence-electron chi connectivity index (χ2n) is 7.54. The van der Waals surface area contributed by atoms with Gasteiger partial charge in [0.05, 0.1) is 23.4 Å². The Labute approximate surface area is 203 Å². The Hall–Kier alpha value is -2.93. The average molecular weight is 524 g/mol. The van der Waals surface area contributed by atoms with E-state index in [0.717, 1.165) is 15.6 Å². The van der Waals surface area contributed by atoms with Crippen LogP contribution < -0.4 is 19.1 Å². The van der Waals surface area contributed by atoms with Gasteiger partial charge in [0, 0.05) is 18.7 Å². The Morgan fingerprint density at radius 2 is 1.71 bits per heavy atom. The molecule has 9 nitrogen and oxygen atoms in total. The second kappa shape index (κ2) is 10.1. The summed E-state index contributed by atoms with van der Waals surface area (Å²) in [5, 5.41) is 4.34. The van der Waals surface area contributed by atoms with Gasteiger partial charge in [-0.2, -0.15) is 0 Å². The van der Waals surface area contributed by atoms with Crippen LogP contribution in [0.15, 0.2) is 69.1 Å². The third kappa shape index (κ3) is 5.58. The molecule has 0 spiro atoms. The van der Waals surface area contributed by atoms with Gasteiger partial charge >= 0.3 is 0 Å². The van der Waals surface area contributed by atoms with Crippen molar-refractivity contribution in [3.63, 3.8) is 0 Å².